The molecule has 0 nitrogen and oxygen atoms in total. The van der Waals surface area contributed by atoms with Crippen molar-refractivity contribution < 1.29 is 0 Å². The van der Waals surface area contributed by atoms with Crippen molar-refractivity contribution in [2.75, 3.05) is 0 Å². The lowest BCUT2D eigenvalue weighted by Gasteiger charge is -2.13. The summed E-state index contributed by atoms with van der Waals surface area (Å²) < 4.78 is 0. The van der Waals surface area contributed by atoms with Crippen molar-refractivity contribution in [1.82, 2.24) is 0 Å². The number of unbranched alkanes of at least 4 members (excludes halogenated alkanes) is 7. The molecule has 112 valence electrons. The van der Waals surface area contributed by atoms with Gasteiger partial charge in [-0.3, -0.25) is 0 Å². The van der Waals surface area contributed by atoms with E-state index in [1.807, 2.05) is 0 Å². The number of hydrogen-bond donors (Lipinski definition) is 0. The fourth-order valence-electron chi connectivity index (χ4n) is 2.55. The molecule has 0 aliphatic heterocycles. The van der Waals surface area contributed by atoms with Gasteiger partial charge < -0.3 is 0 Å². The van der Waals surface area contributed by atoms with Gasteiger partial charge in [-0.1, -0.05) is 72.1 Å². The summed E-state index contributed by atoms with van der Waals surface area (Å²) in [4.78, 5) is 0. The van der Waals surface area contributed by atoms with Gasteiger partial charge in [0.25, 0.3) is 0 Å². The summed E-state index contributed by atoms with van der Waals surface area (Å²) in [5.41, 5.74) is 0. The van der Waals surface area contributed by atoms with Crippen molar-refractivity contribution in [3.8, 4) is 11.8 Å². The van der Waals surface area contributed by atoms with E-state index in [1.54, 1.807) is 0 Å². The Bertz CT molecular complexity index is 218. The minimum absolute atomic E-state index is 0.958. The topological polar surface area (TPSA) is 0 Å². The van der Waals surface area contributed by atoms with E-state index in [0.29, 0.717) is 0 Å². The fraction of sp³-hybridized carbons (Fsp3) is 0.895. The molecule has 0 heterocycles. The monoisotopic (exact) mass is 264 g/mol. The van der Waals surface area contributed by atoms with Gasteiger partial charge in [0.15, 0.2) is 0 Å². The zero-order chi connectivity index (χ0) is 14.2. The van der Waals surface area contributed by atoms with Crippen molar-refractivity contribution in [3.05, 3.63) is 0 Å². The van der Waals surface area contributed by atoms with Crippen molar-refractivity contribution in [2.24, 2.45) is 5.92 Å². The highest BCUT2D eigenvalue weighted by atomic mass is 14.1. The van der Waals surface area contributed by atoms with Crippen LogP contribution in [0.5, 0.6) is 0 Å². The van der Waals surface area contributed by atoms with Crippen LogP contribution in [0.4, 0.5) is 0 Å². The van der Waals surface area contributed by atoms with Crippen LogP contribution >= 0.6 is 0 Å². The highest BCUT2D eigenvalue weighted by molar-refractivity contribution is 4.98. The molecule has 0 saturated carbocycles. The summed E-state index contributed by atoms with van der Waals surface area (Å²) in [5, 5.41) is 0. The average molecular weight is 264 g/mol. The zero-order valence-electron chi connectivity index (χ0n) is 13.8. The Morgan fingerprint density at radius 2 is 1.26 bits per heavy atom. The molecule has 1 atom stereocenters. The summed E-state index contributed by atoms with van der Waals surface area (Å²) in [5.74, 6) is 7.51. The Kier molecular flexibility index (Phi) is 15.3. The van der Waals surface area contributed by atoms with E-state index in [2.05, 4.69) is 32.6 Å². The van der Waals surface area contributed by atoms with Crippen LogP contribution < -0.4 is 0 Å². The molecule has 0 fully saturated rings. The van der Waals surface area contributed by atoms with Gasteiger partial charge in [-0.2, -0.15) is 0 Å². The molecule has 0 N–H and O–H groups in total. The van der Waals surface area contributed by atoms with E-state index in [1.165, 1.54) is 70.6 Å². The minimum atomic E-state index is 0.958. The van der Waals surface area contributed by atoms with E-state index in [4.69, 9.17) is 0 Å². The molecule has 0 rings (SSSR count). The van der Waals surface area contributed by atoms with Gasteiger partial charge >= 0.3 is 0 Å². The molecular weight excluding hydrogens is 228 g/mol. The molecule has 1 unspecified atom stereocenters. The van der Waals surface area contributed by atoms with Gasteiger partial charge in [-0.15, -0.1) is 11.8 Å². The highest BCUT2D eigenvalue weighted by Crippen LogP contribution is 2.20. The molecule has 0 aromatic carbocycles. The first kappa shape index (κ1) is 18.6. The predicted molar refractivity (Wildman–Crippen MR) is 88.3 cm³/mol. The second kappa shape index (κ2) is 15.6. The largest absolute Gasteiger partial charge is 0.103 e. The van der Waals surface area contributed by atoms with E-state index >= 15 is 0 Å². The number of rotatable bonds is 12. The zero-order valence-corrected chi connectivity index (χ0v) is 13.8. The van der Waals surface area contributed by atoms with Crippen LogP contribution in [0.3, 0.4) is 0 Å². The van der Waals surface area contributed by atoms with Crippen LogP contribution in [0, 0.1) is 17.8 Å². The fourth-order valence-corrected chi connectivity index (χ4v) is 2.55. The predicted octanol–water partition coefficient (Wildman–Crippen LogP) is 6.74. The van der Waals surface area contributed by atoms with E-state index in [-0.39, 0.29) is 0 Å². The lowest BCUT2D eigenvalue weighted by molar-refractivity contribution is 0.404. The van der Waals surface area contributed by atoms with Crippen molar-refractivity contribution in [2.45, 2.75) is 104 Å². The van der Waals surface area contributed by atoms with Gasteiger partial charge in [0.05, 0.1) is 0 Å². The Labute approximate surface area is 122 Å². The molecule has 0 heteroatoms. The van der Waals surface area contributed by atoms with Gasteiger partial charge in [0.2, 0.25) is 0 Å². The molecule has 0 aromatic rings. The lowest BCUT2D eigenvalue weighted by atomic mass is 9.93. The maximum Gasteiger partial charge on any atom is 0.00887 e. The van der Waals surface area contributed by atoms with Crippen molar-refractivity contribution in [3.63, 3.8) is 0 Å². The minimum Gasteiger partial charge on any atom is -0.103 e. The molecule has 0 aliphatic rings. The first-order valence-electron chi connectivity index (χ1n) is 8.80. The van der Waals surface area contributed by atoms with Crippen LogP contribution in [0.25, 0.3) is 0 Å². The van der Waals surface area contributed by atoms with E-state index in [9.17, 15) is 0 Å². The molecule has 0 aliphatic carbocycles. The summed E-state index contributed by atoms with van der Waals surface area (Å²) >= 11 is 0. The second-order valence-corrected chi connectivity index (χ2v) is 5.83. The molecule has 0 spiro atoms. The van der Waals surface area contributed by atoms with Crippen LogP contribution in [0.15, 0.2) is 0 Å². The lowest BCUT2D eigenvalue weighted by Crippen LogP contribution is -1.98. The summed E-state index contributed by atoms with van der Waals surface area (Å²) in [6, 6.07) is 0. The molecular formula is C19H36. The smallest absolute Gasteiger partial charge is 0.00887 e. The second-order valence-electron chi connectivity index (χ2n) is 5.83. The Hall–Kier alpha value is -0.440. The first-order chi connectivity index (χ1) is 9.35. The maximum atomic E-state index is 3.31. The Balaban J connectivity index is 3.42. The van der Waals surface area contributed by atoms with E-state index < -0.39 is 0 Å². The summed E-state index contributed by atoms with van der Waals surface area (Å²) in [6.45, 7) is 6.84. The van der Waals surface area contributed by atoms with Crippen LogP contribution in [-0.2, 0) is 0 Å². The van der Waals surface area contributed by atoms with Crippen molar-refractivity contribution in [1.29, 1.82) is 0 Å². The third-order valence-corrected chi connectivity index (χ3v) is 3.96. The van der Waals surface area contributed by atoms with Crippen LogP contribution in [-0.4, -0.2) is 0 Å². The maximum absolute atomic E-state index is 3.31. The summed E-state index contributed by atoms with van der Waals surface area (Å²) in [6.07, 6.45) is 17.5. The molecule has 0 amide bonds. The van der Waals surface area contributed by atoms with Gasteiger partial charge in [0, 0.05) is 12.8 Å². The van der Waals surface area contributed by atoms with Gasteiger partial charge in [-0.05, 0) is 25.2 Å². The van der Waals surface area contributed by atoms with Crippen LogP contribution in [0.2, 0.25) is 0 Å². The quantitative estimate of drug-likeness (QED) is 0.270. The molecule has 0 bridgehead atoms. The normalized spacial score (nSPS) is 11.9. The number of hydrogen-bond acceptors (Lipinski definition) is 0. The van der Waals surface area contributed by atoms with Crippen molar-refractivity contribution >= 4 is 0 Å². The third kappa shape index (κ3) is 13.8. The molecule has 0 saturated heterocycles. The van der Waals surface area contributed by atoms with E-state index in [0.717, 1.165) is 18.8 Å². The molecule has 19 heavy (non-hydrogen) atoms. The third-order valence-electron chi connectivity index (χ3n) is 3.96. The molecule has 0 radical (unpaired) electrons. The Morgan fingerprint density at radius 3 is 1.95 bits per heavy atom. The van der Waals surface area contributed by atoms with Gasteiger partial charge in [0.1, 0.15) is 0 Å². The SMILES string of the molecule is CCCC#CCCCC(CC)CCCCCCCC. The van der Waals surface area contributed by atoms with Crippen LogP contribution in [0.1, 0.15) is 104 Å². The van der Waals surface area contributed by atoms with Gasteiger partial charge in [-0.25, -0.2) is 0 Å². The first-order valence-corrected chi connectivity index (χ1v) is 8.80. The standard InChI is InChI=1S/C19H36/c1-4-7-9-11-13-15-17-19(6-3)18-16-14-12-10-8-5-2/h19H,4-9,11,13-18H2,1-3H3. The molecule has 0 aromatic heterocycles. The average Bonchev–Trinajstić information content (AvgIpc) is 2.44. The highest BCUT2D eigenvalue weighted by Gasteiger charge is 2.05. The Morgan fingerprint density at radius 1 is 0.632 bits per heavy atom. The summed E-state index contributed by atoms with van der Waals surface area (Å²) in [7, 11) is 0.